The number of carbonyl (C=O) groups is 1. The number of rotatable bonds is 38. The van der Waals surface area contributed by atoms with Crippen molar-refractivity contribution in [3.8, 4) is 0 Å². The van der Waals surface area contributed by atoms with Crippen LogP contribution in [0.5, 0.6) is 0 Å². The molecule has 1 aliphatic heterocycles. The van der Waals surface area contributed by atoms with E-state index in [0.29, 0.717) is 12.6 Å². The molecule has 0 aliphatic carbocycles. The number of hydrogen-bond acceptors (Lipinski definition) is 2. The monoisotopic (exact) mass is 675 g/mol. The standard InChI is InChI=1S/C44H87N3O/c1-4-6-8-10-12-14-16-18-20-22-23-25-27-29-31-33-35-37-39-44(48)46-42(3)47-41-40-45-43(47)38-36-34-32-30-28-26-24-21-19-17-15-13-11-9-7-5-2/h41-43,45H,4-40H2,1-3H3/p+1. The van der Waals surface area contributed by atoms with Crippen LogP contribution >= 0.6 is 0 Å². The molecule has 0 spiro atoms. The summed E-state index contributed by atoms with van der Waals surface area (Å²) in [4.78, 5) is 12.6. The lowest BCUT2D eigenvalue weighted by atomic mass is 10.0. The molecular formula is C44H88N3O+. The molecule has 0 bridgehead atoms. The van der Waals surface area contributed by atoms with Crippen LogP contribution in [0.25, 0.3) is 0 Å². The second-order valence-electron chi connectivity index (χ2n) is 15.6. The average molecular weight is 675 g/mol. The molecule has 1 amide bonds. The van der Waals surface area contributed by atoms with Crippen LogP contribution in [0.2, 0.25) is 0 Å². The summed E-state index contributed by atoms with van der Waals surface area (Å²) in [5.74, 6) is 0.223. The van der Waals surface area contributed by atoms with Crippen molar-refractivity contribution in [2.75, 3.05) is 6.54 Å². The van der Waals surface area contributed by atoms with Gasteiger partial charge in [0.1, 0.15) is 0 Å². The molecule has 0 saturated heterocycles. The summed E-state index contributed by atoms with van der Waals surface area (Å²) in [6.45, 7) is 7.67. The molecule has 0 aromatic heterocycles. The van der Waals surface area contributed by atoms with E-state index in [1.807, 2.05) is 0 Å². The molecular weight excluding hydrogens is 587 g/mol. The molecule has 1 heterocycles. The van der Waals surface area contributed by atoms with Crippen LogP contribution in [0, 0.1) is 0 Å². The van der Waals surface area contributed by atoms with Crippen LogP contribution in [0.4, 0.5) is 0 Å². The normalized spacial score (nSPS) is 15.2. The van der Waals surface area contributed by atoms with Gasteiger partial charge in [-0.25, -0.2) is 9.89 Å². The van der Waals surface area contributed by atoms with Crippen LogP contribution in [0.1, 0.15) is 252 Å². The van der Waals surface area contributed by atoms with E-state index in [-0.39, 0.29) is 12.1 Å². The van der Waals surface area contributed by atoms with Gasteiger partial charge in [-0.1, -0.05) is 219 Å². The van der Waals surface area contributed by atoms with E-state index in [1.54, 1.807) is 0 Å². The molecule has 284 valence electrons. The number of unbranched alkanes of at least 4 members (excludes halogenated alkanes) is 32. The first kappa shape index (κ1) is 45.1. The highest BCUT2D eigenvalue weighted by Crippen LogP contribution is 2.17. The molecule has 0 radical (unpaired) electrons. The first-order valence-corrected chi connectivity index (χ1v) is 22.3. The van der Waals surface area contributed by atoms with Gasteiger partial charge in [-0.05, 0) is 12.8 Å². The maximum atomic E-state index is 12.6. The topological polar surface area (TPSA) is 44.1 Å². The molecule has 0 fully saturated rings. The van der Waals surface area contributed by atoms with Crippen molar-refractivity contribution in [3.63, 3.8) is 0 Å². The van der Waals surface area contributed by atoms with Gasteiger partial charge in [-0.15, -0.1) is 0 Å². The first-order chi connectivity index (χ1) is 23.7. The number of nitrogens with zero attached hydrogens (tertiary/aromatic N) is 1. The maximum absolute atomic E-state index is 12.6. The highest BCUT2D eigenvalue weighted by molar-refractivity contribution is 5.76. The molecule has 1 aliphatic rings. The molecule has 48 heavy (non-hydrogen) atoms. The fourth-order valence-electron chi connectivity index (χ4n) is 7.66. The third kappa shape index (κ3) is 28.9. The third-order valence-electron chi connectivity index (χ3n) is 10.9. The summed E-state index contributed by atoms with van der Waals surface area (Å²) in [5.41, 5.74) is 0. The molecule has 0 aromatic carbocycles. The third-order valence-corrected chi connectivity index (χ3v) is 10.9. The van der Waals surface area contributed by atoms with Gasteiger partial charge < -0.3 is 0 Å². The van der Waals surface area contributed by atoms with Crippen LogP contribution in [0.3, 0.4) is 0 Å². The lowest BCUT2D eigenvalue weighted by molar-refractivity contribution is -0.595. The second-order valence-corrected chi connectivity index (χ2v) is 15.6. The predicted octanol–water partition coefficient (Wildman–Crippen LogP) is 13.5. The van der Waals surface area contributed by atoms with Crippen molar-refractivity contribution < 1.29 is 9.37 Å². The number of nitrogens with one attached hydrogen (secondary N) is 2. The molecule has 4 heteroatoms. The Hall–Kier alpha value is -0.900. The Kier molecular flexibility index (Phi) is 33.8. The van der Waals surface area contributed by atoms with Crippen LogP contribution in [0.15, 0.2) is 0 Å². The molecule has 2 atom stereocenters. The Balaban J connectivity index is 1.88. The quantitative estimate of drug-likeness (QED) is 0.0506. The van der Waals surface area contributed by atoms with Crippen LogP contribution < -0.4 is 10.6 Å². The van der Waals surface area contributed by atoms with Crippen molar-refractivity contribution in [3.05, 3.63) is 0 Å². The van der Waals surface area contributed by atoms with Gasteiger partial charge in [0, 0.05) is 19.8 Å². The van der Waals surface area contributed by atoms with Gasteiger partial charge in [0.05, 0.1) is 6.54 Å². The summed E-state index contributed by atoms with van der Waals surface area (Å²) in [5, 5.41) is 6.92. The van der Waals surface area contributed by atoms with E-state index in [9.17, 15) is 4.79 Å². The van der Waals surface area contributed by atoms with Crippen molar-refractivity contribution >= 4 is 12.1 Å². The molecule has 0 saturated carbocycles. The lowest BCUT2D eigenvalue weighted by Crippen LogP contribution is -2.46. The summed E-state index contributed by atoms with van der Waals surface area (Å²) in [7, 11) is 0. The largest absolute Gasteiger partial charge is 0.299 e. The smallest absolute Gasteiger partial charge is 0.226 e. The number of amides is 1. The van der Waals surface area contributed by atoms with E-state index in [1.165, 1.54) is 218 Å². The summed E-state index contributed by atoms with van der Waals surface area (Å²) in [6, 6.07) is 0. The molecule has 0 aromatic rings. The highest BCUT2D eigenvalue weighted by atomic mass is 16.1. The molecule has 2 unspecified atom stereocenters. The van der Waals surface area contributed by atoms with E-state index >= 15 is 0 Å². The molecule has 4 nitrogen and oxygen atoms in total. The lowest BCUT2D eigenvalue weighted by Gasteiger charge is -2.17. The maximum Gasteiger partial charge on any atom is 0.226 e. The Labute approximate surface area is 302 Å². The Morgan fingerprint density at radius 1 is 0.542 bits per heavy atom. The van der Waals surface area contributed by atoms with Gasteiger partial charge in [-0.3, -0.25) is 10.1 Å². The van der Waals surface area contributed by atoms with E-state index in [4.69, 9.17) is 0 Å². The highest BCUT2D eigenvalue weighted by Gasteiger charge is 2.30. The van der Waals surface area contributed by atoms with Gasteiger partial charge >= 0.3 is 0 Å². The minimum absolute atomic E-state index is 0.0779. The van der Waals surface area contributed by atoms with Crippen molar-refractivity contribution in [1.29, 1.82) is 0 Å². The van der Waals surface area contributed by atoms with E-state index in [0.717, 1.165) is 13.0 Å². The summed E-state index contributed by atoms with van der Waals surface area (Å²) in [6.07, 6.45) is 52.0. The first-order valence-electron chi connectivity index (χ1n) is 22.3. The average Bonchev–Trinajstić information content (AvgIpc) is 3.56. The van der Waals surface area contributed by atoms with Gasteiger partial charge in [0.25, 0.3) is 0 Å². The number of hydrogen-bond donors (Lipinski definition) is 2. The molecule has 1 rings (SSSR count). The summed E-state index contributed by atoms with van der Waals surface area (Å²) < 4.78 is 2.36. The Morgan fingerprint density at radius 3 is 1.21 bits per heavy atom. The Bertz CT molecular complexity index is 707. The zero-order valence-corrected chi connectivity index (χ0v) is 33.3. The predicted molar refractivity (Wildman–Crippen MR) is 213 cm³/mol. The van der Waals surface area contributed by atoms with Gasteiger partial charge in [0.15, 0.2) is 6.21 Å². The van der Waals surface area contributed by atoms with Crippen molar-refractivity contribution in [2.24, 2.45) is 0 Å². The zero-order chi connectivity index (χ0) is 34.6. The van der Waals surface area contributed by atoms with Crippen molar-refractivity contribution in [2.45, 2.75) is 264 Å². The second kappa shape index (κ2) is 35.9. The van der Waals surface area contributed by atoms with Crippen molar-refractivity contribution in [1.82, 2.24) is 10.6 Å². The fourth-order valence-corrected chi connectivity index (χ4v) is 7.66. The van der Waals surface area contributed by atoms with E-state index < -0.39 is 0 Å². The minimum Gasteiger partial charge on any atom is -0.299 e. The molecule has 2 N–H and O–H groups in total. The Morgan fingerprint density at radius 2 is 0.854 bits per heavy atom. The van der Waals surface area contributed by atoms with E-state index in [2.05, 4.69) is 42.2 Å². The van der Waals surface area contributed by atoms with Gasteiger partial charge in [0.2, 0.25) is 18.2 Å². The fraction of sp³-hybridized carbons (Fsp3) is 0.955. The SMILES string of the molecule is CCCCCCCCCCCCCCCCCCCCC(=O)NC(C)[N+]1=CCNC1CCCCCCCCCCCCCCCCCC. The summed E-state index contributed by atoms with van der Waals surface area (Å²) >= 11 is 0. The number of carbonyl (C=O) groups excluding carboxylic acids is 1. The zero-order valence-electron chi connectivity index (χ0n) is 33.3. The van der Waals surface area contributed by atoms with Gasteiger partial charge in [-0.2, -0.15) is 0 Å². The van der Waals surface area contributed by atoms with Crippen LogP contribution in [-0.2, 0) is 4.79 Å². The van der Waals surface area contributed by atoms with Crippen LogP contribution in [-0.4, -0.2) is 35.6 Å². The minimum atomic E-state index is 0.0779.